The van der Waals surface area contributed by atoms with Crippen LogP contribution in [0.4, 0.5) is 0 Å². The van der Waals surface area contributed by atoms with Gasteiger partial charge >= 0.3 is 0 Å². The van der Waals surface area contributed by atoms with E-state index in [0.29, 0.717) is 5.92 Å². The summed E-state index contributed by atoms with van der Waals surface area (Å²) in [7, 11) is 0. The second kappa shape index (κ2) is 8.36. The Morgan fingerprint density at radius 1 is 1.21 bits per heavy atom. The molecule has 1 aliphatic carbocycles. The van der Waals surface area contributed by atoms with Gasteiger partial charge in [0.05, 0.1) is 6.20 Å². The van der Waals surface area contributed by atoms with Crippen molar-refractivity contribution in [3.05, 3.63) is 17.8 Å². The van der Waals surface area contributed by atoms with Crippen molar-refractivity contribution < 1.29 is 4.42 Å². The van der Waals surface area contributed by atoms with Crippen molar-refractivity contribution in [3.63, 3.8) is 0 Å². The number of rotatable bonds is 7. The maximum absolute atomic E-state index is 5.95. The van der Waals surface area contributed by atoms with E-state index in [1.165, 1.54) is 44.9 Å². The minimum absolute atomic E-state index is 0.627. The van der Waals surface area contributed by atoms with Crippen molar-refractivity contribution in [2.24, 2.45) is 0 Å². The number of hydrogen-bond acceptors (Lipinski definition) is 3. The molecule has 0 radical (unpaired) electrons. The van der Waals surface area contributed by atoms with Crippen LogP contribution in [0.25, 0.3) is 0 Å². The Morgan fingerprint density at radius 3 is 2.74 bits per heavy atom. The van der Waals surface area contributed by atoms with Gasteiger partial charge in [-0.3, -0.25) is 0 Å². The Morgan fingerprint density at radius 2 is 2.00 bits per heavy atom. The van der Waals surface area contributed by atoms with E-state index in [-0.39, 0.29) is 0 Å². The highest BCUT2D eigenvalue weighted by molar-refractivity contribution is 5.02. The van der Waals surface area contributed by atoms with E-state index in [9.17, 15) is 0 Å². The van der Waals surface area contributed by atoms with E-state index in [1.807, 2.05) is 6.20 Å². The zero-order valence-corrected chi connectivity index (χ0v) is 12.3. The number of aryl methyl sites for hydroxylation is 1. The molecule has 0 atom stereocenters. The normalized spacial score (nSPS) is 17.5. The Kier molecular flexibility index (Phi) is 6.42. The fourth-order valence-electron chi connectivity index (χ4n) is 2.86. The van der Waals surface area contributed by atoms with Crippen molar-refractivity contribution >= 4 is 0 Å². The van der Waals surface area contributed by atoms with Gasteiger partial charge in [-0.2, -0.15) is 0 Å². The van der Waals surface area contributed by atoms with E-state index < -0.39 is 0 Å². The van der Waals surface area contributed by atoms with Crippen molar-refractivity contribution in [2.45, 2.75) is 70.6 Å². The summed E-state index contributed by atoms with van der Waals surface area (Å²) in [5.74, 6) is 2.69. The number of aromatic nitrogens is 1. The summed E-state index contributed by atoms with van der Waals surface area (Å²) >= 11 is 0. The molecule has 0 amide bonds. The largest absolute Gasteiger partial charge is 0.445 e. The molecule has 1 heterocycles. The molecule has 1 N–H and O–H groups in total. The minimum Gasteiger partial charge on any atom is -0.445 e. The third kappa shape index (κ3) is 4.98. The first-order valence-electron chi connectivity index (χ1n) is 8.05. The summed E-state index contributed by atoms with van der Waals surface area (Å²) in [6, 6.07) is 0. The van der Waals surface area contributed by atoms with Gasteiger partial charge in [0, 0.05) is 12.3 Å². The molecule has 108 valence electrons. The highest BCUT2D eigenvalue weighted by Crippen LogP contribution is 2.31. The summed E-state index contributed by atoms with van der Waals surface area (Å²) in [4.78, 5) is 4.45. The van der Waals surface area contributed by atoms with Crippen molar-refractivity contribution in [1.29, 1.82) is 0 Å². The Balaban J connectivity index is 1.74. The van der Waals surface area contributed by atoms with Gasteiger partial charge in [0.2, 0.25) is 0 Å². The topological polar surface area (TPSA) is 38.1 Å². The molecule has 0 aromatic carbocycles. The molecule has 1 aromatic rings. The quantitative estimate of drug-likeness (QED) is 0.596. The van der Waals surface area contributed by atoms with Gasteiger partial charge in [-0.15, -0.1) is 0 Å². The van der Waals surface area contributed by atoms with E-state index in [1.54, 1.807) is 0 Å². The third-order valence-electron chi connectivity index (χ3n) is 4.00. The van der Waals surface area contributed by atoms with Crippen molar-refractivity contribution in [2.75, 3.05) is 13.1 Å². The molecule has 0 aliphatic heterocycles. The van der Waals surface area contributed by atoms with Crippen LogP contribution in [0.3, 0.4) is 0 Å². The van der Waals surface area contributed by atoms with Gasteiger partial charge in [-0.25, -0.2) is 4.98 Å². The van der Waals surface area contributed by atoms with Crippen molar-refractivity contribution in [3.8, 4) is 0 Å². The highest BCUT2D eigenvalue weighted by Gasteiger charge is 2.18. The van der Waals surface area contributed by atoms with Crippen LogP contribution in [0.2, 0.25) is 0 Å². The number of nitrogens with zero attached hydrogens (tertiary/aromatic N) is 1. The average Bonchev–Trinajstić information content (AvgIpc) is 2.72. The lowest BCUT2D eigenvalue weighted by atomic mass is 9.98. The first-order valence-corrected chi connectivity index (χ1v) is 8.05. The van der Waals surface area contributed by atoms with Gasteiger partial charge in [0.15, 0.2) is 5.89 Å². The maximum Gasteiger partial charge on any atom is 0.194 e. The zero-order valence-electron chi connectivity index (χ0n) is 12.3. The van der Waals surface area contributed by atoms with E-state index in [0.717, 1.165) is 37.6 Å². The van der Waals surface area contributed by atoms with E-state index in [4.69, 9.17) is 4.42 Å². The molecule has 1 fully saturated rings. The molecule has 0 spiro atoms. The minimum atomic E-state index is 0.627. The summed E-state index contributed by atoms with van der Waals surface area (Å²) < 4.78 is 5.95. The van der Waals surface area contributed by atoms with Crippen LogP contribution in [0.5, 0.6) is 0 Å². The molecule has 1 saturated carbocycles. The van der Waals surface area contributed by atoms with Crippen LogP contribution < -0.4 is 5.32 Å². The molecule has 0 saturated heterocycles. The fraction of sp³-hybridized carbons (Fsp3) is 0.812. The zero-order chi connectivity index (χ0) is 13.3. The fourth-order valence-corrected chi connectivity index (χ4v) is 2.86. The van der Waals surface area contributed by atoms with Crippen LogP contribution >= 0.6 is 0 Å². The molecular formula is C16H28N2O. The molecule has 0 bridgehead atoms. The van der Waals surface area contributed by atoms with E-state index >= 15 is 0 Å². The molecule has 0 unspecified atom stereocenters. The Labute approximate surface area is 117 Å². The highest BCUT2D eigenvalue weighted by atomic mass is 16.4. The van der Waals surface area contributed by atoms with Crippen LogP contribution in [0, 0.1) is 0 Å². The van der Waals surface area contributed by atoms with Crippen LogP contribution in [0.1, 0.15) is 75.9 Å². The van der Waals surface area contributed by atoms with Gasteiger partial charge in [-0.05, 0) is 38.8 Å². The molecule has 2 rings (SSSR count). The Bertz CT molecular complexity index is 340. The van der Waals surface area contributed by atoms with Crippen LogP contribution in [-0.4, -0.2) is 18.1 Å². The standard InChI is InChI=1S/C16H28N2O/c1-2-11-17-12-7-10-16-18-13-15(19-16)14-8-5-3-4-6-9-14/h13-14,17H,2-12H2,1H3. The van der Waals surface area contributed by atoms with E-state index in [2.05, 4.69) is 17.2 Å². The average molecular weight is 264 g/mol. The summed E-state index contributed by atoms with van der Waals surface area (Å²) in [6.45, 7) is 4.37. The number of oxazole rings is 1. The SMILES string of the molecule is CCCNCCCc1ncc(C2CCCCCC2)o1. The molecule has 1 aliphatic rings. The van der Waals surface area contributed by atoms with Crippen LogP contribution in [0.15, 0.2) is 10.6 Å². The predicted molar refractivity (Wildman–Crippen MR) is 78.4 cm³/mol. The number of nitrogens with one attached hydrogen (secondary N) is 1. The van der Waals surface area contributed by atoms with Gasteiger partial charge in [-0.1, -0.05) is 32.6 Å². The van der Waals surface area contributed by atoms with Crippen LogP contribution in [-0.2, 0) is 6.42 Å². The lowest BCUT2D eigenvalue weighted by Gasteiger charge is -2.09. The number of hydrogen-bond donors (Lipinski definition) is 1. The predicted octanol–water partition coefficient (Wildman–Crippen LogP) is 4.04. The summed E-state index contributed by atoms with van der Waals surface area (Å²) in [5.41, 5.74) is 0. The smallest absolute Gasteiger partial charge is 0.194 e. The summed E-state index contributed by atoms with van der Waals surface area (Å²) in [6.07, 6.45) is 13.3. The second-order valence-electron chi connectivity index (χ2n) is 5.70. The second-order valence-corrected chi connectivity index (χ2v) is 5.70. The van der Waals surface area contributed by atoms with Gasteiger partial charge in [0.25, 0.3) is 0 Å². The summed E-state index contributed by atoms with van der Waals surface area (Å²) in [5, 5.41) is 3.41. The molecule has 19 heavy (non-hydrogen) atoms. The molecule has 1 aromatic heterocycles. The Hall–Kier alpha value is -0.830. The molecule has 3 nitrogen and oxygen atoms in total. The lowest BCUT2D eigenvalue weighted by molar-refractivity contribution is 0.400. The molecule has 3 heteroatoms. The third-order valence-corrected chi connectivity index (χ3v) is 4.00. The lowest BCUT2D eigenvalue weighted by Crippen LogP contribution is -2.16. The first kappa shape index (κ1) is 14.6. The van der Waals surface area contributed by atoms with Crippen molar-refractivity contribution in [1.82, 2.24) is 10.3 Å². The monoisotopic (exact) mass is 264 g/mol. The molecular weight excluding hydrogens is 236 g/mol. The first-order chi connectivity index (χ1) is 9.40. The van der Waals surface area contributed by atoms with Gasteiger partial charge in [0.1, 0.15) is 5.76 Å². The van der Waals surface area contributed by atoms with Gasteiger partial charge < -0.3 is 9.73 Å². The maximum atomic E-state index is 5.95.